The van der Waals surface area contributed by atoms with E-state index in [0.717, 1.165) is 45.1 Å². The first-order valence-electron chi connectivity index (χ1n) is 7.30. The molecule has 0 radical (unpaired) electrons. The minimum atomic E-state index is -0.332. The Morgan fingerprint density at radius 2 is 1.56 bits per heavy atom. The molecule has 0 aliphatic heterocycles. The Bertz CT molecular complexity index is 256. The van der Waals surface area contributed by atoms with Crippen LogP contribution >= 0.6 is 0 Å². The maximum Gasteiger partial charge on any atom is 0.0837 e. The predicted octanol–water partition coefficient (Wildman–Crippen LogP) is 3.86. The van der Waals surface area contributed by atoms with Crippen LogP contribution in [0.15, 0.2) is 24.3 Å². The highest BCUT2D eigenvalue weighted by molar-refractivity contribution is 4.90. The standard InChI is InChI=1S/C16H28O2/c1-14(2)13-18-16-12-10-8-6-4-3-5-7-9-11-15(16)17/h5-8,14-17H,3-4,9-13H2,1-2H3. The molecular formula is C16H28O2. The summed E-state index contributed by atoms with van der Waals surface area (Å²) in [6.07, 6.45) is 14.4. The highest BCUT2D eigenvalue weighted by Gasteiger charge is 2.19. The fourth-order valence-electron chi connectivity index (χ4n) is 2.08. The van der Waals surface area contributed by atoms with E-state index >= 15 is 0 Å². The monoisotopic (exact) mass is 252 g/mol. The third-order valence-corrected chi connectivity index (χ3v) is 3.15. The van der Waals surface area contributed by atoms with Crippen LogP contribution in [0.4, 0.5) is 0 Å². The molecule has 1 aliphatic rings. The molecule has 18 heavy (non-hydrogen) atoms. The minimum absolute atomic E-state index is 0.00937. The van der Waals surface area contributed by atoms with Crippen molar-refractivity contribution in [1.82, 2.24) is 0 Å². The number of ether oxygens (including phenoxy) is 1. The largest absolute Gasteiger partial charge is 0.390 e. The zero-order valence-electron chi connectivity index (χ0n) is 11.8. The van der Waals surface area contributed by atoms with Gasteiger partial charge in [-0.3, -0.25) is 0 Å². The van der Waals surface area contributed by atoms with Gasteiger partial charge in [-0.2, -0.15) is 0 Å². The van der Waals surface area contributed by atoms with Crippen molar-refractivity contribution < 1.29 is 9.84 Å². The number of aliphatic hydroxyl groups is 1. The summed E-state index contributed by atoms with van der Waals surface area (Å²) in [4.78, 5) is 0. The zero-order valence-corrected chi connectivity index (χ0v) is 11.8. The van der Waals surface area contributed by atoms with Crippen LogP contribution in [0.3, 0.4) is 0 Å². The molecule has 1 N–H and O–H groups in total. The van der Waals surface area contributed by atoms with Crippen LogP contribution < -0.4 is 0 Å². The first kappa shape index (κ1) is 15.5. The molecule has 0 fully saturated rings. The second-order valence-electron chi connectivity index (χ2n) is 5.51. The molecule has 0 saturated heterocycles. The molecule has 0 saturated carbocycles. The number of hydrogen-bond acceptors (Lipinski definition) is 2. The van der Waals surface area contributed by atoms with Gasteiger partial charge in [0.2, 0.25) is 0 Å². The van der Waals surface area contributed by atoms with Crippen LogP contribution in [0.5, 0.6) is 0 Å². The molecule has 2 unspecified atom stereocenters. The van der Waals surface area contributed by atoms with E-state index in [1.807, 2.05) is 0 Å². The number of allylic oxidation sites excluding steroid dienone is 4. The van der Waals surface area contributed by atoms with Gasteiger partial charge >= 0.3 is 0 Å². The second kappa shape index (κ2) is 9.35. The van der Waals surface area contributed by atoms with E-state index in [4.69, 9.17) is 4.74 Å². The maximum absolute atomic E-state index is 10.2. The van der Waals surface area contributed by atoms with Gasteiger partial charge in [0.1, 0.15) is 0 Å². The smallest absolute Gasteiger partial charge is 0.0837 e. The van der Waals surface area contributed by atoms with Gasteiger partial charge in [-0.05, 0) is 44.4 Å². The van der Waals surface area contributed by atoms with Gasteiger partial charge in [0.05, 0.1) is 12.2 Å². The molecule has 0 amide bonds. The van der Waals surface area contributed by atoms with Crippen molar-refractivity contribution in [3.63, 3.8) is 0 Å². The molecule has 0 aromatic heterocycles. The third kappa shape index (κ3) is 6.97. The summed E-state index contributed by atoms with van der Waals surface area (Å²) < 4.78 is 5.85. The lowest BCUT2D eigenvalue weighted by Gasteiger charge is -2.24. The Balaban J connectivity index is 2.48. The van der Waals surface area contributed by atoms with Gasteiger partial charge in [0.25, 0.3) is 0 Å². The summed E-state index contributed by atoms with van der Waals surface area (Å²) in [5.41, 5.74) is 0. The predicted molar refractivity (Wildman–Crippen MR) is 76.6 cm³/mol. The minimum Gasteiger partial charge on any atom is -0.390 e. The Kier molecular flexibility index (Phi) is 8.03. The van der Waals surface area contributed by atoms with Gasteiger partial charge < -0.3 is 9.84 Å². The van der Waals surface area contributed by atoms with Gasteiger partial charge in [-0.1, -0.05) is 38.2 Å². The normalized spacial score (nSPS) is 26.9. The zero-order chi connectivity index (χ0) is 13.2. The summed E-state index contributed by atoms with van der Waals surface area (Å²) in [6, 6.07) is 0. The molecule has 1 rings (SSSR count). The summed E-state index contributed by atoms with van der Waals surface area (Å²) >= 11 is 0. The fourth-order valence-corrected chi connectivity index (χ4v) is 2.08. The summed E-state index contributed by atoms with van der Waals surface area (Å²) in [5.74, 6) is 0.522. The summed E-state index contributed by atoms with van der Waals surface area (Å²) in [7, 11) is 0. The van der Waals surface area contributed by atoms with E-state index in [9.17, 15) is 5.11 Å². The molecule has 1 aliphatic carbocycles. The second-order valence-corrected chi connectivity index (χ2v) is 5.51. The SMILES string of the molecule is CC(C)COC1CCC=CCCC=CCCC1O. The molecule has 2 nitrogen and oxygen atoms in total. The van der Waals surface area contributed by atoms with E-state index in [-0.39, 0.29) is 12.2 Å². The van der Waals surface area contributed by atoms with E-state index in [1.165, 1.54) is 0 Å². The highest BCUT2D eigenvalue weighted by Crippen LogP contribution is 2.15. The lowest BCUT2D eigenvalue weighted by molar-refractivity contribution is -0.0519. The molecule has 0 heterocycles. The number of rotatable bonds is 3. The molecule has 0 aromatic rings. The highest BCUT2D eigenvalue weighted by atomic mass is 16.5. The van der Waals surface area contributed by atoms with Gasteiger partial charge in [0, 0.05) is 6.61 Å². The van der Waals surface area contributed by atoms with Crippen molar-refractivity contribution in [3.8, 4) is 0 Å². The van der Waals surface area contributed by atoms with Crippen molar-refractivity contribution in [2.45, 2.75) is 64.6 Å². The topological polar surface area (TPSA) is 29.5 Å². The van der Waals surface area contributed by atoms with Crippen molar-refractivity contribution in [2.75, 3.05) is 6.61 Å². The van der Waals surface area contributed by atoms with Gasteiger partial charge in [-0.15, -0.1) is 0 Å². The Hall–Kier alpha value is -0.600. The first-order valence-corrected chi connectivity index (χ1v) is 7.30. The van der Waals surface area contributed by atoms with Gasteiger partial charge in [-0.25, -0.2) is 0 Å². The number of hydrogen-bond donors (Lipinski definition) is 1. The van der Waals surface area contributed by atoms with Crippen LogP contribution in [0.25, 0.3) is 0 Å². The lowest BCUT2D eigenvalue weighted by Crippen LogP contribution is -2.30. The van der Waals surface area contributed by atoms with Crippen LogP contribution in [0.1, 0.15) is 52.4 Å². The average Bonchev–Trinajstić information content (AvgIpc) is 2.32. The van der Waals surface area contributed by atoms with Crippen LogP contribution in [-0.2, 0) is 4.74 Å². The van der Waals surface area contributed by atoms with Crippen molar-refractivity contribution in [3.05, 3.63) is 24.3 Å². The molecule has 0 spiro atoms. The van der Waals surface area contributed by atoms with E-state index in [1.54, 1.807) is 0 Å². The quantitative estimate of drug-likeness (QED) is 0.773. The molecule has 2 atom stereocenters. The van der Waals surface area contributed by atoms with Crippen molar-refractivity contribution >= 4 is 0 Å². The van der Waals surface area contributed by atoms with Crippen LogP contribution in [-0.4, -0.2) is 23.9 Å². The Labute approximate surface area is 112 Å². The Morgan fingerprint density at radius 3 is 2.17 bits per heavy atom. The molecule has 0 bridgehead atoms. The number of aliphatic hydroxyl groups excluding tert-OH is 1. The lowest BCUT2D eigenvalue weighted by atomic mass is 10.0. The van der Waals surface area contributed by atoms with Crippen LogP contribution in [0, 0.1) is 5.92 Å². The maximum atomic E-state index is 10.2. The first-order chi connectivity index (χ1) is 8.70. The average molecular weight is 252 g/mol. The molecule has 104 valence electrons. The third-order valence-electron chi connectivity index (χ3n) is 3.15. The summed E-state index contributed by atoms with van der Waals surface area (Å²) in [5, 5.41) is 10.2. The van der Waals surface area contributed by atoms with Gasteiger partial charge in [0.15, 0.2) is 0 Å². The van der Waals surface area contributed by atoms with Crippen molar-refractivity contribution in [1.29, 1.82) is 0 Å². The fraction of sp³-hybridized carbons (Fsp3) is 0.750. The Morgan fingerprint density at radius 1 is 1.00 bits per heavy atom. The summed E-state index contributed by atoms with van der Waals surface area (Å²) in [6.45, 7) is 5.02. The van der Waals surface area contributed by atoms with E-state index in [2.05, 4.69) is 38.2 Å². The van der Waals surface area contributed by atoms with E-state index < -0.39 is 0 Å². The molecule has 2 heteroatoms. The van der Waals surface area contributed by atoms with Crippen molar-refractivity contribution in [2.24, 2.45) is 5.92 Å². The molecule has 0 aromatic carbocycles. The van der Waals surface area contributed by atoms with Crippen LogP contribution in [0.2, 0.25) is 0 Å². The van der Waals surface area contributed by atoms with E-state index in [0.29, 0.717) is 5.92 Å². The molecular weight excluding hydrogens is 224 g/mol.